The Hall–Kier alpha value is -4.09. The van der Waals surface area contributed by atoms with Gasteiger partial charge in [-0.2, -0.15) is 0 Å². The molecule has 12 heteroatoms. The first-order valence-electron chi connectivity index (χ1n) is 14.9. The molecule has 2 aliphatic rings. The van der Waals surface area contributed by atoms with E-state index in [0.29, 0.717) is 63.7 Å². The summed E-state index contributed by atoms with van der Waals surface area (Å²) in [5.74, 6) is -2.83. The number of nitrogens with zero attached hydrogens (tertiary/aromatic N) is 4. The van der Waals surface area contributed by atoms with E-state index in [9.17, 15) is 14.4 Å². The van der Waals surface area contributed by atoms with Crippen LogP contribution >= 0.6 is 0 Å². The van der Waals surface area contributed by atoms with Crippen molar-refractivity contribution in [1.29, 1.82) is 0 Å². The molecule has 0 atom stereocenters. The molecule has 2 heterocycles. The van der Waals surface area contributed by atoms with E-state index in [4.69, 9.17) is 9.47 Å². The van der Waals surface area contributed by atoms with Crippen LogP contribution in [-0.2, 0) is 9.47 Å². The standard InChI is InChI=1S/C32H43F2N5O5/c1-21-18-22(8-9-26(21)37-12-16-39(17-13-37)30(42)44-32(5,6)7)35-28(40)27-24(33)19-23(20-25(27)34)36-10-14-38(15-11-36)29(41)43-31(2,3)4/h8-9,18-20H,10-17H2,1-7H3,(H,35,40). The van der Waals surface area contributed by atoms with Gasteiger partial charge in [0.15, 0.2) is 0 Å². The van der Waals surface area contributed by atoms with Crippen molar-refractivity contribution in [2.24, 2.45) is 0 Å². The van der Waals surface area contributed by atoms with Gasteiger partial charge in [0.25, 0.3) is 5.91 Å². The fraction of sp³-hybridized carbons (Fsp3) is 0.531. The zero-order valence-electron chi connectivity index (χ0n) is 26.6. The second-order valence-electron chi connectivity index (χ2n) is 13.1. The summed E-state index contributed by atoms with van der Waals surface area (Å²) in [6.07, 6.45) is -0.759. The van der Waals surface area contributed by atoms with Gasteiger partial charge in [0.05, 0.1) is 0 Å². The van der Waals surface area contributed by atoms with E-state index < -0.39 is 40.4 Å². The van der Waals surface area contributed by atoms with Crippen molar-refractivity contribution in [2.45, 2.75) is 59.7 Å². The lowest BCUT2D eigenvalue weighted by atomic mass is 10.1. The van der Waals surface area contributed by atoms with Gasteiger partial charge < -0.3 is 34.4 Å². The number of halogens is 2. The van der Waals surface area contributed by atoms with Gasteiger partial charge in [-0.05, 0) is 84.4 Å². The summed E-state index contributed by atoms with van der Waals surface area (Å²) in [4.78, 5) is 44.8. The summed E-state index contributed by atoms with van der Waals surface area (Å²) >= 11 is 0. The number of anilines is 3. The SMILES string of the molecule is Cc1cc(NC(=O)c2c(F)cc(N3CCN(C(=O)OC(C)(C)C)CC3)cc2F)ccc1N1CCN(C(=O)OC(C)(C)C)CC1. The quantitative estimate of drug-likeness (QED) is 0.476. The maximum Gasteiger partial charge on any atom is 0.410 e. The van der Waals surface area contributed by atoms with Crippen molar-refractivity contribution in [1.82, 2.24) is 9.80 Å². The highest BCUT2D eigenvalue weighted by Crippen LogP contribution is 2.28. The van der Waals surface area contributed by atoms with Crippen molar-refractivity contribution in [3.63, 3.8) is 0 Å². The van der Waals surface area contributed by atoms with Crippen LogP contribution in [0.4, 0.5) is 35.4 Å². The molecule has 0 bridgehead atoms. The van der Waals surface area contributed by atoms with Crippen LogP contribution in [0.15, 0.2) is 30.3 Å². The molecule has 2 aliphatic heterocycles. The molecule has 0 unspecified atom stereocenters. The zero-order valence-corrected chi connectivity index (χ0v) is 26.6. The predicted molar refractivity (Wildman–Crippen MR) is 166 cm³/mol. The Kier molecular flexibility index (Phi) is 9.60. The molecule has 2 aromatic carbocycles. The van der Waals surface area contributed by atoms with E-state index >= 15 is 8.78 Å². The van der Waals surface area contributed by atoms with Gasteiger partial charge in [-0.15, -0.1) is 0 Å². The minimum absolute atomic E-state index is 0.298. The third-order valence-corrected chi connectivity index (χ3v) is 7.28. The number of amides is 3. The number of rotatable bonds is 4. The minimum atomic E-state index is -0.969. The molecule has 0 radical (unpaired) electrons. The number of aryl methyl sites for hydroxylation is 1. The van der Waals surface area contributed by atoms with E-state index in [1.807, 2.05) is 33.8 Å². The monoisotopic (exact) mass is 615 g/mol. The first kappa shape index (κ1) is 32.8. The first-order valence-corrected chi connectivity index (χ1v) is 14.9. The third-order valence-electron chi connectivity index (χ3n) is 7.28. The summed E-state index contributed by atoms with van der Waals surface area (Å²) in [5.41, 5.74) is 0.686. The number of carbonyl (C=O) groups excluding carboxylic acids is 3. The molecule has 0 saturated carbocycles. The van der Waals surface area contributed by atoms with Gasteiger partial charge in [-0.3, -0.25) is 4.79 Å². The molecule has 2 saturated heterocycles. The first-order chi connectivity index (χ1) is 20.5. The Morgan fingerprint density at radius 1 is 0.705 bits per heavy atom. The van der Waals surface area contributed by atoms with E-state index in [-0.39, 0.29) is 6.09 Å². The van der Waals surface area contributed by atoms with Gasteiger partial charge in [0, 0.05) is 69.4 Å². The molecule has 1 N–H and O–H groups in total. The fourth-order valence-electron chi connectivity index (χ4n) is 5.17. The fourth-order valence-corrected chi connectivity index (χ4v) is 5.17. The largest absolute Gasteiger partial charge is 0.444 e. The maximum atomic E-state index is 15.1. The van der Waals surface area contributed by atoms with Gasteiger partial charge >= 0.3 is 12.2 Å². The van der Waals surface area contributed by atoms with Crippen molar-refractivity contribution in [3.8, 4) is 0 Å². The molecule has 3 amide bonds. The van der Waals surface area contributed by atoms with Crippen LogP contribution in [0.25, 0.3) is 0 Å². The molecule has 44 heavy (non-hydrogen) atoms. The summed E-state index contributed by atoms with van der Waals surface area (Å²) in [7, 11) is 0. The molecule has 0 aliphatic carbocycles. The van der Waals surface area contributed by atoms with Crippen LogP contribution < -0.4 is 15.1 Å². The molecule has 0 spiro atoms. The Bertz CT molecular complexity index is 1370. The molecule has 4 rings (SSSR count). The van der Waals surface area contributed by atoms with E-state index in [2.05, 4.69) is 10.2 Å². The number of ether oxygens (including phenoxy) is 2. The molecule has 0 aromatic heterocycles. The number of benzene rings is 2. The molecular weight excluding hydrogens is 572 g/mol. The van der Waals surface area contributed by atoms with E-state index in [1.54, 1.807) is 47.6 Å². The number of piperazine rings is 2. The van der Waals surface area contributed by atoms with Crippen LogP contribution in [0.3, 0.4) is 0 Å². The summed E-state index contributed by atoms with van der Waals surface area (Å²) in [6, 6.07) is 7.58. The average Bonchev–Trinajstić information content (AvgIpc) is 2.91. The molecular formula is C32H43F2N5O5. The Balaban J connectivity index is 1.35. The third kappa shape index (κ3) is 8.29. The van der Waals surface area contributed by atoms with Crippen LogP contribution in [0.5, 0.6) is 0 Å². The average molecular weight is 616 g/mol. The lowest BCUT2D eigenvalue weighted by molar-refractivity contribution is 0.0230. The Morgan fingerprint density at radius 3 is 1.59 bits per heavy atom. The summed E-state index contributed by atoms with van der Waals surface area (Å²) in [5, 5.41) is 2.61. The molecule has 2 fully saturated rings. The van der Waals surface area contributed by atoms with Gasteiger partial charge in [0.2, 0.25) is 0 Å². The minimum Gasteiger partial charge on any atom is -0.444 e. The van der Waals surface area contributed by atoms with Gasteiger partial charge in [-0.25, -0.2) is 18.4 Å². The number of hydrogen-bond acceptors (Lipinski definition) is 7. The van der Waals surface area contributed by atoms with Gasteiger partial charge in [0.1, 0.15) is 28.4 Å². The summed E-state index contributed by atoms with van der Waals surface area (Å²) < 4.78 is 41.1. The van der Waals surface area contributed by atoms with Crippen molar-refractivity contribution in [3.05, 3.63) is 53.1 Å². The Morgan fingerprint density at radius 2 is 1.16 bits per heavy atom. The second kappa shape index (κ2) is 12.9. The van der Waals surface area contributed by atoms with Crippen LogP contribution in [0, 0.1) is 18.6 Å². The second-order valence-corrected chi connectivity index (χ2v) is 13.1. The highest BCUT2D eigenvalue weighted by atomic mass is 19.1. The molecule has 10 nitrogen and oxygen atoms in total. The number of hydrogen-bond donors (Lipinski definition) is 1. The van der Waals surface area contributed by atoms with Gasteiger partial charge in [-0.1, -0.05) is 0 Å². The number of carbonyl (C=O) groups is 3. The van der Waals surface area contributed by atoms with E-state index in [0.717, 1.165) is 23.4 Å². The van der Waals surface area contributed by atoms with Crippen LogP contribution in [-0.4, -0.2) is 91.5 Å². The summed E-state index contributed by atoms with van der Waals surface area (Å²) in [6.45, 7) is 16.5. The number of nitrogens with one attached hydrogen (secondary N) is 1. The maximum absolute atomic E-state index is 15.1. The topological polar surface area (TPSA) is 94.7 Å². The lowest BCUT2D eigenvalue weighted by Crippen LogP contribution is -2.50. The smallest absolute Gasteiger partial charge is 0.410 e. The van der Waals surface area contributed by atoms with E-state index in [1.165, 1.54) is 0 Å². The van der Waals surface area contributed by atoms with Crippen molar-refractivity contribution >= 4 is 35.2 Å². The zero-order chi connectivity index (χ0) is 32.4. The highest BCUT2D eigenvalue weighted by Gasteiger charge is 2.29. The molecule has 2 aromatic rings. The predicted octanol–water partition coefficient (Wildman–Crippen LogP) is 5.64. The van der Waals surface area contributed by atoms with Crippen LogP contribution in [0.2, 0.25) is 0 Å². The van der Waals surface area contributed by atoms with Crippen molar-refractivity contribution < 1.29 is 32.6 Å². The lowest BCUT2D eigenvalue weighted by Gasteiger charge is -2.37. The Labute approximate surface area is 257 Å². The van der Waals surface area contributed by atoms with Crippen LogP contribution in [0.1, 0.15) is 57.5 Å². The van der Waals surface area contributed by atoms with Crippen molar-refractivity contribution in [2.75, 3.05) is 67.5 Å². The molecule has 240 valence electrons. The highest BCUT2D eigenvalue weighted by molar-refractivity contribution is 6.05. The normalized spacial score (nSPS) is 16.1.